The summed E-state index contributed by atoms with van der Waals surface area (Å²) in [6, 6.07) is 9.05. The lowest BCUT2D eigenvalue weighted by Crippen LogP contribution is -2.12. The van der Waals surface area contributed by atoms with Crippen molar-refractivity contribution in [3.05, 3.63) is 53.9 Å². The van der Waals surface area contributed by atoms with Crippen LogP contribution in [-0.2, 0) is 19.2 Å². The van der Waals surface area contributed by atoms with E-state index in [1.807, 2.05) is 18.2 Å². The minimum absolute atomic E-state index is 0.0403. The predicted octanol–water partition coefficient (Wildman–Crippen LogP) is 2.49. The number of carbonyl (C=O) groups is 4. The zero-order valence-corrected chi connectivity index (χ0v) is 17.0. The summed E-state index contributed by atoms with van der Waals surface area (Å²) in [4.78, 5) is 59.2. The van der Waals surface area contributed by atoms with E-state index in [1.54, 1.807) is 12.1 Å². The van der Waals surface area contributed by atoms with Crippen LogP contribution >= 0.6 is 0 Å². The van der Waals surface area contributed by atoms with E-state index in [1.165, 1.54) is 40.1 Å². The Hall–Kier alpha value is -4.01. The molecule has 0 aliphatic carbocycles. The molecule has 0 amide bonds. The molecule has 1 aromatic carbocycles. The van der Waals surface area contributed by atoms with Crippen LogP contribution < -0.4 is 10.6 Å². The summed E-state index contributed by atoms with van der Waals surface area (Å²) in [6.07, 6.45) is 2.45. The molecule has 2 rings (SSSR count). The molecule has 0 saturated carbocycles. The van der Waals surface area contributed by atoms with Crippen LogP contribution in [0.4, 0.5) is 11.9 Å². The number of nitrogens with zero attached hydrogens (tertiary/aromatic N) is 3. The predicted molar refractivity (Wildman–Crippen MR) is 111 cm³/mol. The van der Waals surface area contributed by atoms with Crippen LogP contribution in [0.25, 0.3) is 11.4 Å². The number of hydrogen-bond acceptors (Lipinski definition) is 9. The monoisotopic (exact) mass is 407 g/mol. The van der Waals surface area contributed by atoms with E-state index in [-0.39, 0.29) is 23.0 Å². The van der Waals surface area contributed by atoms with Crippen LogP contribution in [0.1, 0.15) is 27.7 Å². The minimum atomic E-state index is -0.402. The number of Topliss-reactive ketones (excluding diaryl/α,β-unsaturated/α-hetero) is 4. The van der Waals surface area contributed by atoms with Gasteiger partial charge < -0.3 is 10.6 Å². The first-order valence-corrected chi connectivity index (χ1v) is 8.97. The van der Waals surface area contributed by atoms with Gasteiger partial charge in [0.05, 0.1) is 11.1 Å². The maximum atomic E-state index is 11.6. The van der Waals surface area contributed by atoms with Crippen molar-refractivity contribution in [2.75, 3.05) is 10.6 Å². The molecule has 9 heteroatoms. The topological polar surface area (TPSA) is 131 Å². The molecular formula is C21H21N5O4. The molecule has 1 aromatic heterocycles. The van der Waals surface area contributed by atoms with Gasteiger partial charge >= 0.3 is 0 Å². The number of nitrogens with one attached hydrogen (secondary N) is 2. The van der Waals surface area contributed by atoms with Crippen molar-refractivity contribution in [3.8, 4) is 11.4 Å². The Morgan fingerprint density at radius 2 is 1.07 bits per heavy atom. The molecular weight excluding hydrogens is 386 g/mol. The lowest BCUT2D eigenvalue weighted by Gasteiger charge is -2.08. The highest BCUT2D eigenvalue weighted by Gasteiger charge is 2.13. The van der Waals surface area contributed by atoms with Crippen LogP contribution in [0.15, 0.2) is 53.9 Å². The Labute approximate surface area is 173 Å². The molecule has 2 N–H and O–H groups in total. The molecule has 0 aliphatic rings. The van der Waals surface area contributed by atoms with Crippen molar-refractivity contribution in [2.24, 2.45) is 0 Å². The summed E-state index contributed by atoms with van der Waals surface area (Å²) >= 11 is 0. The molecule has 0 atom stereocenters. The van der Waals surface area contributed by atoms with Crippen molar-refractivity contribution >= 4 is 35.0 Å². The van der Waals surface area contributed by atoms with Gasteiger partial charge in [-0.05, 0) is 27.7 Å². The first kappa shape index (κ1) is 22.3. The summed E-state index contributed by atoms with van der Waals surface area (Å²) in [5.74, 6) is -1.18. The Kier molecular flexibility index (Phi) is 7.40. The van der Waals surface area contributed by atoms with E-state index in [2.05, 4.69) is 25.6 Å². The minimum Gasteiger partial charge on any atom is -0.330 e. The molecule has 1 heterocycles. The lowest BCUT2D eigenvalue weighted by atomic mass is 10.1. The fourth-order valence-electron chi connectivity index (χ4n) is 2.40. The quantitative estimate of drug-likeness (QED) is 0.365. The summed E-state index contributed by atoms with van der Waals surface area (Å²) in [6.45, 7) is 5.11. The van der Waals surface area contributed by atoms with Crippen LogP contribution in [-0.4, -0.2) is 38.1 Å². The van der Waals surface area contributed by atoms with Crippen molar-refractivity contribution in [1.82, 2.24) is 15.0 Å². The SMILES string of the molecule is CC(=O)C(=CNc1nc(NC=C(C(C)=O)C(C)=O)nc(-c2ccccc2)n1)C(C)=O. The Morgan fingerprint density at radius 3 is 1.43 bits per heavy atom. The average Bonchev–Trinajstić information content (AvgIpc) is 2.67. The van der Waals surface area contributed by atoms with Gasteiger partial charge in [0.15, 0.2) is 29.0 Å². The van der Waals surface area contributed by atoms with E-state index in [0.717, 1.165) is 0 Å². The van der Waals surface area contributed by atoms with Crippen LogP contribution in [0.3, 0.4) is 0 Å². The van der Waals surface area contributed by atoms with Crippen LogP contribution in [0.5, 0.6) is 0 Å². The van der Waals surface area contributed by atoms with Crippen molar-refractivity contribution in [3.63, 3.8) is 0 Å². The largest absolute Gasteiger partial charge is 0.330 e. The van der Waals surface area contributed by atoms with E-state index >= 15 is 0 Å². The Balaban J connectivity index is 2.48. The van der Waals surface area contributed by atoms with Crippen molar-refractivity contribution in [1.29, 1.82) is 0 Å². The second-order valence-electron chi connectivity index (χ2n) is 6.30. The zero-order chi connectivity index (χ0) is 22.3. The number of rotatable bonds is 9. The molecule has 0 aliphatic heterocycles. The summed E-state index contributed by atoms with van der Waals surface area (Å²) in [5.41, 5.74) is 0.610. The second kappa shape index (κ2) is 9.97. The van der Waals surface area contributed by atoms with E-state index in [0.29, 0.717) is 11.4 Å². The van der Waals surface area contributed by atoms with Gasteiger partial charge in [-0.25, -0.2) is 0 Å². The third-order valence-electron chi connectivity index (χ3n) is 3.88. The van der Waals surface area contributed by atoms with Gasteiger partial charge in [-0.2, -0.15) is 15.0 Å². The van der Waals surface area contributed by atoms with E-state index in [4.69, 9.17) is 0 Å². The molecule has 9 nitrogen and oxygen atoms in total. The fourth-order valence-corrected chi connectivity index (χ4v) is 2.40. The normalized spacial score (nSPS) is 9.87. The highest BCUT2D eigenvalue weighted by atomic mass is 16.2. The molecule has 0 spiro atoms. The number of carbonyl (C=O) groups excluding carboxylic acids is 4. The molecule has 0 unspecified atom stereocenters. The molecule has 154 valence electrons. The molecule has 0 fully saturated rings. The molecule has 30 heavy (non-hydrogen) atoms. The third kappa shape index (κ3) is 5.99. The van der Waals surface area contributed by atoms with Gasteiger partial charge in [0, 0.05) is 18.0 Å². The van der Waals surface area contributed by atoms with Crippen molar-refractivity contribution in [2.45, 2.75) is 27.7 Å². The van der Waals surface area contributed by atoms with Crippen LogP contribution in [0.2, 0.25) is 0 Å². The van der Waals surface area contributed by atoms with E-state index < -0.39 is 23.1 Å². The number of aromatic nitrogens is 3. The zero-order valence-electron chi connectivity index (χ0n) is 17.0. The van der Waals surface area contributed by atoms with Gasteiger partial charge in [-0.3, -0.25) is 19.2 Å². The maximum absolute atomic E-state index is 11.6. The lowest BCUT2D eigenvalue weighted by molar-refractivity contribution is -0.120. The summed E-state index contributed by atoms with van der Waals surface area (Å²) in [5, 5.41) is 5.46. The highest BCUT2D eigenvalue weighted by Crippen LogP contribution is 2.18. The Bertz CT molecular complexity index is 964. The van der Waals surface area contributed by atoms with Gasteiger partial charge in [-0.1, -0.05) is 30.3 Å². The summed E-state index contributed by atoms with van der Waals surface area (Å²) < 4.78 is 0. The number of hydrogen-bond donors (Lipinski definition) is 2. The second-order valence-corrected chi connectivity index (χ2v) is 6.30. The number of anilines is 2. The highest BCUT2D eigenvalue weighted by molar-refractivity contribution is 6.19. The first-order valence-electron chi connectivity index (χ1n) is 8.97. The number of benzene rings is 1. The molecule has 2 aromatic rings. The van der Waals surface area contributed by atoms with Crippen LogP contribution in [0, 0.1) is 0 Å². The summed E-state index contributed by atoms with van der Waals surface area (Å²) in [7, 11) is 0. The fraction of sp³-hybridized carbons (Fsp3) is 0.190. The maximum Gasteiger partial charge on any atom is 0.232 e. The molecule has 0 radical (unpaired) electrons. The van der Waals surface area contributed by atoms with Gasteiger partial charge in [0.25, 0.3) is 0 Å². The standard InChI is InChI=1S/C21H21N5O4/c1-12(27)17(13(2)28)10-22-20-24-19(16-8-6-5-7-9-16)25-21(26-20)23-11-18(14(3)29)15(4)30/h5-11H,1-4H3,(H2,22,23,24,25,26). The molecule has 0 bridgehead atoms. The van der Waals surface area contributed by atoms with E-state index in [9.17, 15) is 19.2 Å². The van der Waals surface area contributed by atoms with Gasteiger partial charge in [0.2, 0.25) is 11.9 Å². The van der Waals surface area contributed by atoms with Gasteiger partial charge in [-0.15, -0.1) is 0 Å². The molecule has 0 saturated heterocycles. The number of allylic oxidation sites excluding steroid dienone is 2. The average molecular weight is 407 g/mol. The number of ketones is 4. The van der Waals surface area contributed by atoms with Crippen molar-refractivity contribution < 1.29 is 19.2 Å². The smallest absolute Gasteiger partial charge is 0.232 e. The van der Waals surface area contributed by atoms with Gasteiger partial charge in [0.1, 0.15) is 0 Å². The first-order chi connectivity index (χ1) is 14.2. The third-order valence-corrected chi connectivity index (χ3v) is 3.88. The Morgan fingerprint density at radius 1 is 0.667 bits per heavy atom.